The number of aryl methyl sites for hydroxylation is 1. The smallest absolute Gasteiger partial charge is 0.269 e. The number of nitrogens with zero attached hydrogens (tertiary/aromatic N) is 3. The summed E-state index contributed by atoms with van der Waals surface area (Å²) in [5, 5.41) is 6.84. The molecule has 0 radical (unpaired) electrons. The van der Waals surface area contributed by atoms with Crippen LogP contribution in [0.15, 0.2) is 41.0 Å². The fraction of sp³-hybridized carbons (Fsp3) is 0.125. The highest BCUT2D eigenvalue weighted by molar-refractivity contribution is 7.08. The van der Waals surface area contributed by atoms with Gasteiger partial charge in [0.15, 0.2) is 11.6 Å². The van der Waals surface area contributed by atoms with Crippen LogP contribution >= 0.6 is 11.5 Å². The predicted octanol–water partition coefficient (Wildman–Crippen LogP) is 3.49. The highest BCUT2D eigenvalue weighted by Gasteiger charge is 2.15. The van der Waals surface area contributed by atoms with Crippen LogP contribution < -0.4 is 5.32 Å². The molecule has 120 valence electrons. The first-order valence-corrected chi connectivity index (χ1v) is 8.18. The van der Waals surface area contributed by atoms with E-state index >= 15 is 0 Å². The highest BCUT2D eigenvalue weighted by Crippen LogP contribution is 2.23. The van der Waals surface area contributed by atoms with Gasteiger partial charge in [-0.25, -0.2) is 4.98 Å². The number of amides is 1. The van der Waals surface area contributed by atoms with Crippen LogP contribution in [0.2, 0.25) is 0 Å². The van der Waals surface area contributed by atoms with Gasteiger partial charge in [0, 0.05) is 5.69 Å². The lowest BCUT2D eigenvalue weighted by Gasteiger charge is -2.03. The van der Waals surface area contributed by atoms with Gasteiger partial charge in [0.1, 0.15) is 4.88 Å². The molecule has 0 unspecified atom stereocenters. The molecule has 0 aliphatic rings. The van der Waals surface area contributed by atoms with Crippen molar-refractivity contribution >= 4 is 34.2 Å². The van der Waals surface area contributed by atoms with Gasteiger partial charge in [-0.2, -0.15) is 0 Å². The number of rotatable bonds is 4. The number of aromatic nitrogens is 4. The van der Waals surface area contributed by atoms with Crippen LogP contribution in [-0.4, -0.2) is 25.5 Å². The molecule has 7 nitrogen and oxygen atoms in total. The minimum Gasteiger partial charge on any atom is -0.461 e. The summed E-state index contributed by atoms with van der Waals surface area (Å²) in [6, 6.07) is 9.14. The number of imidazole rings is 1. The number of furan rings is 1. The molecule has 0 spiro atoms. The molecule has 1 amide bonds. The number of aromatic amines is 1. The van der Waals surface area contributed by atoms with Crippen molar-refractivity contribution in [2.75, 3.05) is 5.32 Å². The molecule has 4 aromatic rings. The van der Waals surface area contributed by atoms with Crippen LogP contribution in [-0.2, 0) is 6.42 Å². The molecule has 8 heteroatoms. The Labute approximate surface area is 140 Å². The summed E-state index contributed by atoms with van der Waals surface area (Å²) in [5.74, 6) is 1.12. The Bertz CT molecular complexity index is 1000. The van der Waals surface area contributed by atoms with Crippen molar-refractivity contribution in [3.63, 3.8) is 0 Å². The summed E-state index contributed by atoms with van der Waals surface area (Å²) in [6.45, 7) is 1.94. The molecule has 0 aliphatic carbocycles. The zero-order valence-corrected chi connectivity index (χ0v) is 13.6. The van der Waals surface area contributed by atoms with Gasteiger partial charge < -0.3 is 14.7 Å². The molecule has 2 N–H and O–H groups in total. The average molecular weight is 339 g/mol. The van der Waals surface area contributed by atoms with E-state index < -0.39 is 0 Å². The van der Waals surface area contributed by atoms with Gasteiger partial charge in [-0.05, 0) is 48.3 Å². The van der Waals surface area contributed by atoms with Gasteiger partial charge in [0.05, 0.1) is 23.0 Å². The summed E-state index contributed by atoms with van der Waals surface area (Å²) in [4.78, 5) is 20.6. The van der Waals surface area contributed by atoms with Crippen molar-refractivity contribution in [3.8, 4) is 11.6 Å². The Morgan fingerprint density at radius 2 is 2.29 bits per heavy atom. The summed E-state index contributed by atoms with van der Waals surface area (Å²) < 4.78 is 9.18. The molecule has 0 atom stereocenters. The summed E-state index contributed by atoms with van der Waals surface area (Å²) in [5.41, 5.74) is 3.00. The molecule has 3 aromatic heterocycles. The van der Waals surface area contributed by atoms with Crippen molar-refractivity contribution in [3.05, 3.63) is 47.2 Å². The molecule has 0 fully saturated rings. The second-order valence-electron chi connectivity index (χ2n) is 5.15. The zero-order chi connectivity index (χ0) is 16.5. The molecule has 3 heterocycles. The maximum absolute atomic E-state index is 12.4. The Morgan fingerprint density at radius 1 is 1.38 bits per heavy atom. The SMILES string of the molecule is CCc1nnsc1C(=O)Nc1ccc2nc(-c3ccco3)[nH]c2c1. The minimum atomic E-state index is -0.202. The van der Waals surface area contributed by atoms with E-state index in [-0.39, 0.29) is 5.91 Å². The predicted molar refractivity (Wildman–Crippen MR) is 91.0 cm³/mol. The highest BCUT2D eigenvalue weighted by atomic mass is 32.1. The minimum absolute atomic E-state index is 0.202. The topological polar surface area (TPSA) is 96.7 Å². The lowest BCUT2D eigenvalue weighted by Crippen LogP contribution is -2.12. The number of fused-ring (bicyclic) bond motifs is 1. The largest absolute Gasteiger partial charge is 0.461 e. The first-order chi connectivity index (χ1) is 11.7. The number of hydrogen-bond donors (Lipinski definition) is 2. The maximum atomic E-state index is 12.4. The van der Waals surface area contributed by atoms with Crippen molar-refractivity contribution in [1.82, 2.24) is 19.6 Å². The second-order valence-corrected chi connectivity index (χ2v) is 5.91. The van der Waals surface area contributed by atoms with E-state index in [0.29, 0.717) is 34.3 Å². The number of carbonyl (C=O) groups excluding carboxylic acids is 1. The fourth-order valence-corrected chi connectivity index (χ4v) is 3.06. The van der Waals surface area contributed by atoms with E-state index in [2.05, 4.69) is 24.9 Å². The number of H-pyrrole nitrogens is 1. The van der Waals surface area contributed by atoms with E-state index in [1.807, 2.05) is 37.3 Å². The third-order valence-corrected chi connectivity index (χ3v) is 4.36. The van der Waals surface area contributed by atoms with Crippen molar-refractivity contribution in [1.29, 1.82) is 0 Å². The Balaban J connectivity index is 1.62. The van der Waals surface area contributed by atoms with Gasteiger partial charge in [0.2, 0.25) is 0 Å². The van der Waals surface area contributed by atoms with Crippen LogP contribution in [0.5, 0.6) is 0 Å². The van der Waals surface area contributed by atoms with Crippen LogP contribution in [0.4, 0.5) is 5.69 Å². The summed E-state index contributed by atoms with van der Waals surface area (Å²) in [7, 11) is 0. The normalized spacial score (nSPS) is 11.0. The lowest BCUT2D eigenvalue weighted by molar-refractivity contribution is 0.102. The number of nitrogens with one attached hydrogen (secondary N) is 2. The third kappa shape index (κ3) is 2.56. The molecule has 0 saturated heterocycles. The van der Waals surface area contributed by atoms with Crippen molar-refractivity contribution in [2.45, 2.75) is 13.3 Å². The quantitative estimate of drug-likeness (QED) is 0.593. The molecule has 1 aromatic carbocycles. The Kier molecular flexibility index (Phi) is 3.58. The van der Waals surface area contributed by atoms with Gasteiger partial charge in [-0.15, -0.1) is 5.10 Å². The lowest BCUT2D eigenvalue weighted by atomic mass is 10.2. The zero-order valence-electron chi connectivity index (χ0n) is 12.7. The molecule has 0 bridgehead atoms. The summed E-state index contributed by atoms with van der Waals surface area (Å²) >= 11 is 1.10. The monoisotopic (exact) mass is 339 g/mol. The molecular weight excluding hydrogens is 326 g/mol. The molecular formula is C16H13N5O2S. The summed E-state index contributed by atoms with van der Waals surface area (Å²) in [6.07, 6.45) is 2.27. The maximum Gasteiger partial charge on any atom is 0.269 e. The number of benzene rings is 1. The van der Waals surface area contributed by atoms with Crippen molar-refractivity contribution in [2.24, 2.45) is 0 Å². The van der Waals surface area contributed by atoms with Gasteiger partial charge in [0.25, 0.3) is 5.91 Å². The van der Waals surface area contributed by atoms with Crippen LogP contribution in [0.25, 0.3) is 22.6 Å². The van der Waals surface area contributed by atoms with Crippen LogP contribution in [0.3, 0.4) is 0 Å². The van der Waals surface area contributed by atoms with E-state index in [9.17, 15) is 4.79 Å². The molecule has 4 rings (SSSR count). The number of hydrogen-bond acceptors (Lipinski definition) is 6. The Morgan fingerprint density at radius 3 is 3.08 bits per heavy atom. The fourth-order valence-electron chi connectivity index (χ4n) is 2.42. The molecule has 0 saturated carbocycles. The van der Waals surface area contributed by atoms with E-state index in [1.54, 1.807) is 6.26 Å². The number of anilines is 1. The molecule has 24 heavy (non-hydrogen) atoms. The van der Waals surface area contributed by atoms with Crippen LogP contribution in [0, 0.1) is 0 Å². The van der Waals surface area contributed by atoms with E-state index in [1.165, 1.54) is 0 Å². The van der Waals surface area contributed by atoms with Gasteiger partial charge in [-0.1, -0.05) is 11.4 Å². The first-order valence-electron chi connectivity index (χ1n) is 7.41. The van der Waals surface area contributed by atoms with E-state index in [4.69, 9.17) is 4.42 Å². The average Bonchev–Trinajstić information content (AvgIpc) is 3.32. The van der Waals surface area contributed by atoms with Gasteiger partial charge in [-0.3, -0.25) is 4.79 Å². The number of carbonyl (C=O) groups is 1. The van der Waals surface area contributed by atoms with Crippen molar-refractivity contribution < 1.29 is 9.21 Å². The molecule has 0 aliphatic heterocycles. The van der Waals surface area contributed by atoms with Gasteiger partial charge >= 0.3 is 0 Å². The Hall–Kier alpha value is -3.00. The van der Waals surface area contributed by atoms with E-state index in [0.717, 1.165) is 22.6 Å². The third-order valence-electron chi connectivity index (χ3n) is 3.59. The first kappa shape index (κ1) is 14.6. The van der Waals surface area contributed by atoms with Crippen LogP contribution in [0.1, 0.15) is 22.3 Å². The second kappa shape index (κ2) is 5.89. The standard InChI is InChI=1S/C16H13N5O2S/c1-2-10-14(24-21-20-10)16(22)17-9-5-6-11-12(8-9)19-15(18-11)13-4-3-7-23-13/h3-8H,2H2,1H3,(H,17,22)(H,18,19).